The maximum Gasteiger partial charge on any atom is 0.234 e. The minimum Gasteiger partial charge on any atom is -0.485 e. The highest BCUT2D eigenvalue weighted by Gasteiger charge is 2.28. The van der Waals surface area contributed by atoms with Gasteiger partial charge in [-0.05, 0) is 54.7 Å². The van der Waals surface area contributed by atoms with Gasteiger partial charge in [0.2, 0.25) is 5.91 Å². The highest BCUT2D eigenvalue weighted by atomic mass is 32.2. The molecular weight excluding hydrogens is 424 g/mol. The minimum atomic E-state index is -0.382. The number of hydrogen-bond acceptors (Lipinski definition) is 6. The molecule has 0 spiro atoms. The van der Waals surface area contributed by atoms with Crippen molar-refractivity contribution in [2.45, 2.75) is 37.1 Å². The van der Waals surface area contributed by atoms with Crippen LogP contribution in [0.1, 0.15) is 29.5 Å². The Morgan fingerprint density at radius 1 is 1.19 bits per heavy atom. The van der Waals surface area contributed by atoms with E-state index in [1.54, 1.807) is 6.08 Å². The molecule has 1 N–H and O–H groups in total. The minimum absolute atomic E-state index is 0.0752. The molecule has 2 heterocycles. The van der Waals surface area contributed by atoms with Crippen LogP contribution in [0.15, 0.2) is 60.3 Å². The van der Waals surface area contributed by atoms with E-state index >= 15 is 0 Å². The lowest BCUT2D eigenvalue weighted by atomic mass is 10.1. The van der Waals surface area contributed by atoms with Gasteiger partial charge in [0, 0.05) is 12.2 Å². The van der Waals surface area contributed by atoms with Crippen LogP contribution in [-0.2, 0) is 24.2 Å². The third kappa shape index (κ3) is 4.23. The summed E-state index contributed by atoms with van der Waals surface area (Å²) < 4.78 is 13.8. The van der Waals surface area contributed by atoms with Crippen LogP contribution < -0.4 is 14.8 Å². The van der Waals surface area contributed by atoms with Crippen molar-refractivity contribution in [1.29, 1.82) is 0 Å². The number of aryl methyl sites for hydroxylation is 2. The summed E-state index contributed by atoms with van der Waals surface area (Å²) in [6.07, 6.45) is 4.79. The number of thioether (sulfide) groups is 1. The predicted octanol–water partition coefficient (Wildman–Crippen LogP) is 4.20. The second-order valence-electron chi connectivity index (χ2n) is 7.78. The Labute approximate surface area is 190 Å². The zero-order valence-corrected chi connectivity index (χ0v) is 18.4. The summed E-state index contributed by atoms with van der Waals surface area (Å²) in [5.74, 6) is 2.21. The van der Waals surface area contributed by atoms with Gasteiger partial charge in [-0.15, -0.1) is 16.8 Å². The molecule has 0 radical (unpaired) electrons. The molecule has 0 saturated heterocycles. The Balaban J connectivity index is 1.26. The van der Waals surface area contributed by atoms with Gasteiger partial charge in [-0.2, -0.15) is 0 Å². The summed E-state index contributed by atoms with van der Waals surface area (Å²) in [6.45, 7) is 4.70. The second kappa shape index (κ2) is 9.08. The molecule has 1 aliphatic heterocycles. The molecular formula is C24H24N4O3S. The predicted molar refractivity (Wildman–Crippen MR) is 123 cm³/mol. The zero-order chi connectivity index (χ0) is 21.9. The molecule has 7 nitrogen and oxygen atoms in total. The monoisotopic (exact) mass is 448 g/mol. The van der Waals surface area contributed by atoms with E-state index in [0.717, 1.165) is 24.3 Å². The molecule has 1 atom stereocenters. The van der Waals surface area contributed by atoms with Crippen LogP contribution in [0, 0.1) is 0 Å². The normalized spacial score (nSPS) is 16.4. The molecule has 0 unspecified atom stereocenters. The summed E-state index contributed by atoms with van der Waals surface area (Å²) in [7, 11) is 0. The van der Waals surface area contributed by atoms with Crippen molar-refractivity contribution >= 4 is 23.4 Å². The van der Waals surface area contributed by atoms with E-state index in [9.17, 15) is 4.79 Å². The molecule has 8 heteroatoms. The summed E-state index contributed by atoms with van der Waals surface area (Å²) in [6, 6.07) is 13.7. The number of hydrogen-bond donors (Lipinski definition) is 1. The van der Waals surface area contributed by atoms with Gasteiger partial charge < -0.3 is 14.8 Å². The van der Waals surface area contributed by atoms with E-state index in [-0.39, 0.29) is 17.8 Å². The fourth-order valence-corrected chi connectivity index (χ4v) is 4.82. The molecule has 1 aromatic heterocycles. The maximum atomic E-state index is 12.5. The smallest absolute Gasteiger partial charge is 0.234 e. The maximum absolute atomic E-state index is 12.5. The first-order valence-corrected chi connectivity index (χ1v) is 11.7. The van der Waals surface area contributed by atoms with Crippen LogP contribution >= 0.6 is 11.8 Å². The third-order valence-corrected chi connectivity index (χ3v) is 6.54. The molecule has 2 aliphatic rings. The first-order valence-electron chi connectivity index (χ1n) is 10.7. The van der Waals surface area contributed by atoms with E-state index in [4.69, 9.17) is 9.47 Å². The zero-order valence-electron chi connectivity index (χ0n) is 17.6. The van der Waals surface area contributed by atoms with Gasteiger partial charge in [0.05, 0.1) is 5.75 Å². The quantitative estimate of drug-likeness (QED) is 0.431. The van der Waals surface area contributed by atoms with E-state index in [1.807, 2.05) is 34.9 Å². The second-order valence-corrected chi connectivity index (χ2v) is 8.72. The number of nitrogens with zero attached hydrogens (tertiary/aromatic N) is 3. The molecule has 164 valence electrons. The fraction of sp³-hybridized carbons (Fsp3) is 0.292. The first kappa shape index (κ1) is 20.6. The molecule has 0 saturated carbocycles. The number of ether oxygens (including phenoxy) is 2. The van der Waals surface area contributed by atoms with Crippen LogP contribution in [0.25, 0.3) is 0 Å². The Morgan fingerprint density at radius 3 is 2.91 bits per heavy atom. The number of anilines is 1. The molecule has 2 aromatic carbocycles. The lowest BCUT2D eigenvalue weighted by Gasteiger charge is -2.26. The van der Waals surface area contributed by atoms with E-state index in [0.29, 0.717) is 29.9 Å². The van der Waals surface area contributed by atoms with Gasteiger partial charge >= 0.3 is 0 Å². The summed E-state index contributed by atoms with van der Waals surface area (Å²) in [5.41, 5.74) is 3.57. The van der Waals surface area contributed by atoms with Crippen LogP contribution in [0.5, 0.6) is 11.5 Å². The van der Waals surface area contributed by atoms with Gasteiger partial charge in [-0.3, -0.25) is 9.36 Å². The number of benzene rings is 2. The van der Waals surface area contributed by atoms with Crippen LogP contribution in [0.2, 0.25) is 0 Å². The average Bonchev–Trinajstić information content (AvgIpc) is 3.44. The number of rotatable bonds is 7. The molecule has 3 aromatic rings. The number of nitrogens with one attached hydrogen (secondary N) is 1. The van der Waals surface area contributed by atoms with Crippen molar-refractivity contribution < 1.29 is 14.3 Å². The molecule has 5 rings (SSSR count). The van der Waals surface area contributed by atoms with Crippen LogP contribution in [0.3, 0.4) is 0 Å². The number of fused-ring (bicyclic) bond motifs is 2. The van der Waals surface area contributed by atoms with Gasteiger partial charge in [-0.1, -0.05) is 36.0 Å². The molecule has 1 aliphatic carbocycles. The number of amides is 1. The van der Waals surface area contributed by atoms with E-state index < -0.39 is 0 Å². The van der Waals surface area contributed by atoms with Gasteiger partial charge in [0.25, 0.3) is 0 Å². The lowest BCUT2D eigenvalue weighted by molar-refractivity contribution is -0.113. The van der Waals surface area contributed by atoms with Gasteiger partial charge in [0.1, 0.15) is 6.61 Å². The molecule has 32 heavy (non-hydrogen) atoms. The molecule has 1 amide bonds. The van der Waals surface area contributed by atoms with Crippen molar-refractivity contribution in [2.75, 3.05) is 17.7 Å². The Bertz CT molecular complexity index is 1160. The number of aromatic nitrogens is 3. The van der Waals surface area contributed by atoms with Crippen LogP contribution in [0.4, 0.5) is 5.69 Å². The first-order chi connectivity index (χ1) is 15.7. The van der Waals surface area contributed by atoms with E-state index in [1.165, 1.54) is 29.3 Å². The highest BCUT2D eigenvalue weighted by Crippen LogP contribution is 2.36. The number of allylic oxidation sites excluding steroid dienone is 1. The SMILES string of the molecule is C=CCn1c(SCC(=O)Nc2ccc3c(c2)CCC3)nnc1[C@H]1COc2ccccc2O1. The fourth-order valence-electron chi connectivity index (χ4n) is 4.07. The number of carbonyl (C=O) groups is 1. The van der Waals surface area contributed by atoms with Crippen molar-refractivity contribution in [2.24, 2.45) is 0 Å². The topological polar surface area (TPSA) is 78.3 Å². The van der Waals surface area contributed by atoms with Crippen molar-refractivity contribution in [3.63, 3.8) is 0 Å². The average molecular weight is 449 g/mol. The standard InChI is InChI=1S/C24H24N4O3S/c1-2-12-28-23(21-14-30-19-8-3-4-9-20(19)31-21)26-27-24(28)32-15-22(29)25-18-11-10-16-6-5-7-17(16)13-18/h2-4,8-11,13,21H,1,5-7,12,14-15H2,(H,25,29)/t21-/m1/s1. The summed E-state index contributed by atoms with van der Waals surface area (Å²) >= 11 is 1.34. The van der Waals surface area contributed by atoms with E-state index in [2.05, 4.69) is 34.2 Å². The summed E-state index contributed by atoms with van der Waals surface area (Å²) in [4.78, 5) is 12.5. The Hall–Kier alpha value is -3.26. The van der Waals surface area contributed by atoms with Crippen molar-refractivity contribution in [3.05, 3.63) is 72.1 Å². The number of carbonyl (C=O) groups excluding carboxylic acids is 1. The molecule has 0 bridgehead atoms. The Morgan fingerprint density at radius 2 is 2.03 bits per heavy atom. The number of para-hydroxylation sites is 2. The lowest BCUT2D eigenvalue weighted by Crippen LogP contribution is -2.25. The van der Waals surface area contributed by atoms with Crippen LogP contribution in [-0.4, -0.2) is 33.0 Å². The highest BCUT2D eigenvalue weighted by molar-refractivity contribution is 7.99. The van der Waals surface area contributed by atoms with Crippen molar-refractivity contribution in [3.8, 4) is 11.5 Å². The Kier molecular flexibility index (Phi) is 5.85. The van der Waals surface area contributed by atoms with Crippen molar-refractivity contribution in [1.82, 2.24) is 14.8 Å². The van der Waals surface area contributed by atoms with Gasteiger partial charge in [-0.25, -0.2) is 0 Å². The largest absolute Gasteiger partial charge is 0.485 e. The molecule has 0 fully saturated rings. The third-order valence-electron chi connectivity index (χ3n) is 5.57. The van der Waals surface area contributed by atoms with Gasteiger partial charge in [0.15, 0.2) is 28.6 Å². The summed E-state index contributed by atoms with van der Waals surface area (Å²) in [5, 5.41) is 12.3.